The molecule has 0 saturated heterocycles. The van der Waals surface area contributed by atoms with Gasteiger partial charge in [0.2, 0.25) is 0 Å². The van der Waals surface area contributed by atoms with Crippen molar-refractivity contribution in [2.24, 2.45) is 0 Å². The lowest BCUT2D eigenvalue weighted by Gasteiger charge is -2.12. The van der Waals surface area contributed by atoms with Gasteiger partial charge in [-0.3, -0.25) is 0 Å². The van der Waals surface area contributed by atoms with Gasteiger partial charge in [0.15, 0.2) is 0 Å². The monoisotopic (exact) mass is 249 g/mol. The maximum Gasteiger partial charge on any atom is 0.132 e. The van der Waals surface area contributed by atoms with E-state index in [4.69, 9.17) is 0 Å². The van der Waals surface area contributed by atoms with Crippen molar-refractivity contribution in [3.05, 3.63) is 59.7 Å². The Bertz CT molecular complexity index is 526. The first kappa shape index (κ1) is 10.6. The van der Waals surface area contributed by atoms with Crippen LogP contribution in [0.15, 0.2) is 47.4 Å². The minimum Gasteiger partial charge on any atom is -0.368 e. The highest BCUT2D eigenvalue weighted by Crippen LogP contribution is 2.47. The molecule has 1 nitrogen and oxygen atoms in total. The summed E-state index contributed by atoms with van der Waals surface area (Å²) >= 11 is 1.43. The van der Waals surface area contributed by atoms with Crippen molar-refractivity contribution in [2.75, 3.05) is 5.32 Å². The van der Waals surface area contributed by atoms with Crippen molar-refractivity contribution >= 4 is 17.4 Å². The lowest BCUT2D eigenvalue weighted by atomic mass is 10.2. The van der Waals surface area contributed by atoms with Gasteiger partial charge in [0.25, 0.3) is 0 Å². The van der Waals surface area contributed by atoms with Crippen molar-refractivity contribution in [1.29, 1.82) is 0 Å². The molecule has 3 rings (SSSR count). The second-order valence-electron chi connectivity index (χ2n) is 3.77. The minimum absolute atomic E-state index is 0.0914. The van der Waals surface area contributed by atoms with Crippen LogP contribution in [0.2, 0.25) is 0 Å². The van der Waals surface area contributed by atoms with Gasteiger partial charge in [0.1, 0.15) is 17.0 Å². The summed E-state index contributed by atoms with van der Waals surface area (Å²) in [7, 11) is 0. The molecule has 0 aromatic heterocycles. The van der Waals surface area contributed by atoms with Crippen LogP contribution in [-0.4, -0.2) is 0 Å². The van der Waals surface area contributed by atoms with Crippen LogP contribution in [0, 0.1) is 11.6 Å². The number of fused-ring (bicyclic) bond motifs is 1. The zero-order chi connectivity index (χ0) is 11.8. The normalized spacial score (nSPS) is 17.6. The number of halogens is 2. The predicted molar refractivity (Wildman–Crippen MR) is 65.0 cm³/mol. The largest absolute Gasteiger partial charge is 0.368 e. The number of nitrogens with one attached hydrogen (secondary N) is 1. The summed E-state index contributed by atoms with van der Waals surface area (Å²) in [6.07, 6.45) is 0. The summed E-state index contributed by atoms with van der Waals surface area (Å²) in [6, 6.07) is 11.6. The molecule has 0 bridgehead atoms. The third-order valence-electron chi connectivity index (χ3n) is 2.68. The van der Waals surface area contributed by atoms with Gasteiger partial charge in [-0.2, -0.15) is 0 Å². The maximum absolute atomic E-state index is 13.6. The fraction of sp³-hybridized carbons (Fsp3) is 0.0769. The summed E-state index contributed by atoms with van der Waals surface area (Å²) in [5.74, 6) is -1.02. The molecule has 0 aliphatic carbocycles. The number of hydrogen-bond acceptors (Lipinski definition) is 2. The van der Waals surface area contributed by atoms with Crippen molar-refractivity contribution in [3.8, 4) is 0 Å². The van der Waals surface area contributed by atoms with E-state index in [0.717, 1.165) is 10.6 Å². The number of thioether (sulfide) groups is 1. The van der Waals surface area contributed by atoms with Crippen LogP contribution in [-0.2, 0) is 0 Å². The summed E-state index contributed by atoms with van der Waals surface area (Å²) in [5, 5.41) is 2.72. The third kappa shape index (κ3) is 1.78. The zero-order valence-corrected chi connectivity index (χ0v) is 9.60. The van der Waals surface area contributed by atoms with Crippen LogP contribution in [0.3, 0.4) is 0 Å². The second kappa shape index (κ2) is 4.04. The zero-order valence-electron chi connectivity index (χ0n) is 8.78. The van der Waals surface area contributed by atoms with Crippen LogP contribution in [0.4, 0.5) is 14.5 Å². The highest BCUT2D eigenvalue weighted by atomic mass is 32.2. The smallest absolute Gasteiger partial charge is 0.132 e. The summed E-state index contributed by atoms with van der Waals surface area (Å²) in [6.45, 7) is 0. The molecule has 0 fully saturated rings. The van der Waals surface area contributed by atoms with Crippen molar-refractivity contribution in [1.82, 2.24) is 0 Å². The van der Waals surface area contributed by atoms with E-state index in [1.165, 1.54) is 30.0 Å². The van der Waals surface area contributed by atoms with E-state index in [0.29, 0.717) is 0 Å². The van der Waals surface area contributed by atoms with E-state index in [-0.39, 0.29) is 5.56 Å². The quantitative estimate of drug-likeness (QED) is 0.813. The van der Waals surface area contributed by atoms with E-state index in [2.05, 4.69) is 5.32 Å². The molecular weight excluding hydrogens is 240 g/mol. The maximum atomic E-state index is 13.6. The van der Waals surface area contributed by atoms with Crippen molar-refractivity contribution in [2.45, 2.75) is 10.3 Å². The lowest BCUT2D eigenvalue weighted by Crippen LogP contribution is -2.06. The summed E-state index contributed by atoms with van der Waals surface area (Å²) in [5.41, 5.74) is 1.01. The fourth-order valence-corrected chi connectivity index (χ4v) is 3.07. The minimum atomic E-state index is -0.511. The Morgan fingerprint density at radius 1 is 0.941 bits per heavy atom. The predicted octanol–water partition coefficient (Wildman–Crippen LogP) is 4.18. The topological polar surface area (TPSA) is 12.0 Å². The molecule has 1 aliphatic rings. The molecule has 2 aromatic rings. The SMILES string of the molecule is Fc1cccc(F)c1C1Nc2ccccc2S1. The molecule has 17 heavy (non-hydrogen) atoms. The molecular formula is C13H9F2NS. The standard InChI is InChI=1S/C13H9F2NS/c14-8-4-3-5-9(15)12(8)13-16-10-6-1-2-7-11(10)17-13/h1-7,13,16H. The van der Waals surface area contributed by atoms with Gasteiger partial charge in [0.05, 0.1) is 5.56 Å². The molecule has 0 saturated carbocycles. The van der Waals surface area contributed by atoms with Gasteiger partial charge < -0.3 is 5.32 Å². The Balaban J connectivity index is 1.99. The van der Waals surface area contributed by atoms with Crippen molar-refractivity contribution in [3.63, 3.8) is 0 Å². The highest BCUT2D eigenvalue weighted by molar-refractivity contribution is 8.00. The Labute approximate surface area is 102 Å². The van der Waals surface area contributed by atoms with E-state index in [1.807, 2.05) is 24.3 Å². The molecule has 4 heteroatoms. The van der Waals surface area contributed by atoms with Crippen LogP contribution in [0.1, 0.15) is 10.9 Å². The highest BCUT2D eigenvalue weighted by Gasteiger charge is 2.27. The third-order valence-corrected chi connectivity index (χ3v) is 3.88. The Hall–Kier alpha value is -1.55. The molecule has 86 valence electrons. The van der Waals surface area contributed by atoms with E-state index in [9.17, 15) is 8.78 Å². The van der Waals surface area contributed by atoms with Crippen LogP contribution in [0.25, 0.3) is 0 Å². The molecule has 2 aromatic carbocycles. The van der Waals surface area contributed by atoms with Gasteiger partial charge >= 0.3 is 0 Å². The Morgan fingerprint density at radius 2 is 1.65 bits per heavy atom. The first-order valence-corrected chi connectivity index (χ1v) is 6.10. The van der Waals surface area contributed by atoms with Gasteiger partial charge in [0, 0.05) is 10.6 Å². The molecule has 1 N–H and O–H groups in total. The first-order valence-electron chi connectivity index (χ1n) is 5.22. The average Bonchev–Trinajstić information content (AvgIpc) is 2.71. The molecule has 1 aliphatic heterocycles. The number of hydrogen-bond donors (Lipinski definition) is 1. The van der Waals surface area contributed by atoms with Crippen LogP contribution in [0.5, 0.6) is 0 Å². The Kier molecular flexibility index (Phi) is 2.52. The van der Waals surface area contributed by atoms with Gasteiger partial charge in [-0.1, -0.05) is 30.0 Å². The van der Waals surface area contributed by atoms with Gasteiger partial charge in [-0.15, -0.1) is 0 Å². The molecule has 1 heterocycles. The van der Waals surface area contributed by atoms with Crippen LogP contribution < -0.4 is 5.32 Å². The molecule has 1 atom stereocenters. The van der Waals surface area contributed by atoms with E-state index >= 15 is 0 Å². The molecule has 1 unspecified atom stereocenters. The Morgan fingerprint density at radius 3 is 2.35 bits per heavy atom. The number of benzene rings is 2. The fourth-order valence-electron chi connectivity index (χ4n) is 1.88. The first-order chi connectivity index (χ1) is 8.25. The second-order valence-corrected chi connectivity index (χ2v) is 4.92. The van der Waals surface area contributed by atoms with Gasteiger partial charge in [-0.05, 0) is 24.3 Å². The number of anilines is 1. The van der Waals surface area contributed by atoms with E-state index < -0.39 is 17.0 Å². The molecule has 0 radical (unpaired) electrons. The molecule has 0 spiro atoms. The van der Waals surface area contributed by atoms with Gasteiger partial charge in [-0.25, -0.2) is 8.78 Å². The number of para-hydroxylation sites is 1. The lowest BCUT2D eigenvalue weighted by molar-refractivity contribution is 0.559. The summed E-state index contributed by atoms with van der Waals surface area (Å²) < 4.78 is 27.3. The van der Waals surface area contributed by atoms with E-state index in [1.54, 1.807) is 0 Å². The van der Waals surface area contributed by atoms with Crippen molar-refractivity contribution < 1.29 is 8.78 Å². The number of rotatable bonds is 1. The summed E-state index contributed by atoms with van der Waals surface area (Å²) in [4.78, 5) is 1.01. The molecule has 0 amide bonds. The van der Waals surface area contributed by atoms with Crippen LogP contribution >= 0.6 is 11.8 Å². The average molecular weight is 249 g/mol.